The zero-order chi connectivity index (χ0) is 45.9. The minimum Gasteiger partial charge on any atom is -0.462 e. The van der Waals surface area contributed by atoms with Gasteiger partial charge in [0.1, 0.15) is 12.9 Å². The monoisotopic (exact) mass is 894 g/mol. The van der Waals surface area contributed by atoms with E-state index in [1.165, 1.54) is 167 Å². The van der Waals surface area contributed by atoms with E-state index in [1.54, 1.807) is 11.8 Å². The number of hydrogen-bond donors (Lipinski definition) is 1. The highest BCUT2D eigenvalue weighted by Gasteiger charge is 2.33. The molecule has 1 N–H and O–H groups in total. The van der Waals surface area contributed by atoms with Crippen LogP contribution in [-0.2, 0) is 28.6 Å². The summed E-state index contributed by atoms with van der Waals surface area (Å²) < 4.78 is 17.7. The van der Waals surface area contributed by atoms with Crippen LogP contribution >= 0.6 is 0 Å². The number of carbonyl (C=O) groups is 3. The van der Waals surface area contributed by atoms with Crippen LogP contribution in [0.5, 0.6) is 0 Å². The van der Waals surface area contributed by atoms with E-state index < -0.39 is 0 Å². The van der Waals surface area contributed by atoms with E-state index in [9.17, 15) is 14.4 Å². The van der Waals surface area contributed by atoms with Crippen LogP contribution in [0.15, 0.2) is 0 Å². The zero-order valence-electron chi connectivity index (χ0n) is 42.5. The Morgan fingerprint density at radius 3 is 1.59 bits per heavy atom. The van der Waals surface area contributed by atoms with Crippen molar-refractivity contribution in [3.63, 3.8) is 0 Å². The molecule has 2 amide bonds. The molecular formula is C54H107N3O6. The molecule has 1 saturated heterocycles. The summed E-state index contributed by atoms with van der Waals surface area (Å²) in [6.45, 7) is 17.7. The molecule has 1 aliphatic heterocycles. The molecule has 1 rings (SSSR count). The van der Waals surface area contributed by atoms with Crippen LogP contribution in [0.1, 0.15) is 254 Å². The van der Waals surface area contributed by atoms with Gasteiger partial charge >= 0.3 is 5.97 Å². The number of likely N-dealkylation sites (tertiary alicyclic amines) is 1. The Balaban J connectivity index is 0.0000397. The molecule has 1 aliphatic rings. The van der Waals surface area contributed by atoms with Crippen molar-refractivity contribution in [1.29, 1.82) is 0 Å². The van der Waals surface area contributed by atoms with E-state index >= 15 is 0 Å². The SMILES string of the molecule is CCCCCCCCC(CCCCCCCC)OC(=O)CCCCCCCN(CCCCCCCCOCOCCC(CCCC)CCCC)CCCNC(=O)C1CN(C(C)=O)C1.[HH]. The van der Waals surface area contributed by atoms with Crippen LogP contribution in [0.3, 0.4) is 0 Å². The van der Waals surface area contributed by atoms with Crippen LogP contribution < -0.4 is 5.32 Å². The summed E-state index contributed by atoms with van der Waals surface area (Å²) in [5, 5.41) is 3.12. The smallest absolute Gasteiger partial charge is 0.306 e. The summed E-state index contributed by atoms with van der Waals surface area (Å²) in [4.78, 5) is 41.3. The predicted octanol–water partition coefficient (Wildman–Crippen LogP) is 14.0. The lowest BCUT2D eigenvalue weighted by Gasteiger charge is -2.37. The van der Waals surface area contributed by atoms with Crippen molar-refractivity contribution >= 4 is 17.8 Å². The standard InChI is InChI=1S/C54H105N3O6.H2/c1-6-10-14-16-21-27-36-52(37-28-22-17-15-11-7-2)63-53(59)38-29-23-20-25-31-42-56(43-33-40-55-54(60)51-46-57(47-51)49(5)58)41-30-24-18-19-26-32-44-61-48-62-45-39-50(34-12-8-3)35-13-9-4;/h50-52H,6-48H2,1-5H3,(H,55,60);1H. The number of nitrogens with one attached hydrogen (secondary N) is 1. The lowest BCUT2D eigenvalue weighted by molar-refractivity contribution is -0.150. The van der Waals surface area contributed by atoms with Gasteiger partial charge in [-0.3, -0.25) is 14.4 Å². The fourth-order valence-electron chi connectivity index (χ4n) is 8.93. The molecule has 0 spiro atoms. The lowest BCUT2D eigenvalue weighted by Crippen LogP contribution is -2.55. The number of carbonyl (C=O) groups excluding carboxylic acids is 3. The highest BCUT2D eigenvalue weighted by Crippen LogP contribution is 2.21. The second kappa shape index (κ2) is 44.1. The van der Waals surface area contributed by atoms with Gasteiger partial charge in [-0.1, -0.05) is 175 Å². The number of nitrogens with zero attached hydrogens (tertiary/aromatic N) is 2. The first-order chi connectivity index (χ1) is 30.8. The molecule has 374 valence electrons. The first-order valence-corrected chi connectivity index (χ1v) is 27.4. The van der Waals surface area contributed by atoms with Gasteiger partial charge in [-0.25, -0.2) is 0 Å². The fraction of sp³-hybridized carbons (Fsp3) is 0.944. The average Bonchev–Trinajstić information content (AvgIpc) is 3.25. The normalized spacial score (nSPS) is 13.1. The van der Waals surface area contributed by atoms with E-state index in [2.05, 4.69) is 37.9 Å². The average molecular weight is 894 g/mol. The van der Waals surface area contributed by atoms with Gasteiger partial charge in [0.25, 0.3) is 0 Å². The Labute approximate surface area is 391 Å². The van der Waals surface area contributed by atoms with Crippen molar-refractivity contribution in [2.45, 2.75) is 259 Å². The third-order valence-electron chi connectivity index (χ3n) is 13.3. The summed E-state index contributed by atoms with van der Waals surface area (Å²) in [6.07, 6.45) is 40.8. The van der Waals surface area contributed by atoms with E-state index in [1.807, 2.05) is 0 Å². The molecule has 0 aromatic carbocycles. The summed E-state index contributed by atoms with van der Waals surface area (Å²) in [5.74, 6) is 0.895. The van der Waals surface area contributed by atoms with Crippen LogP contribution in [0.4, 0.5) is 0 Å². The molecule has 1 heterocycles. The maximum absolute atomic E-state index is 12.9. The van der Waals surface area contributed by atoms with Crippen molar-refractivity contribution in [1.82, 2.24) is 15.1 Å². The minimum absolute atomic E-state index is 0. The number of unbranched alkanes of at least 4 members (excludes halogenated alkanes) is 21. The summed E-state index contributed by atoms with van der Waals surface area (Å²) in [5.41, 5.74) is 0. The number of hydrogen-bond acceptors (Lipinski definition) is 7. The lowest BCUT2D eigenvalue weighted by atomic mass is 9.93. The number of esters is 1. The molecule has 63 heavy (non-hydrogen) atoms. The third kappa shape index (κ3) is 36.1. The molecule has 0 aromatic rings. The Morgan fingerprint density at radius 2 is 1.03 bits per heavy atom. The molecule has 0 atom stereocenters. The van der Waals surface area contributed by atoms with Gasteiger partial charge in [-0.15, -0.1) is 0 Å². The zero-order valence-corrected chi connectivity index (χ0v) is 42.5. The first kappa shape index (κ1) is 59.3. The van der Waals surface area contributed by atoms with Gasteiger partial charge in [-0.05, 0) is 89.8 Å². The van der Waals surface area contributed by atoms with E-state index in [0.717, 1.165) is 83.7 Å². The van der Waals surface area contributed by atoms with Crippen LogP contribution in [0, 0.1) is 11.8 Å². The third-order valence-corrected chi connectivity index (χ3v) is 13.3. The maximum atomic E-state index is 12.9. The fourth-order valence-corrected chi connectivity index (χ4v) is 8.93. The molecule has 0 aliphatic carbocycles. The summed E-state index contributed by atoms with van der Waals surface area (Å²) in [6, 6.07) is 0. The van der Waals surface area contributed by atoms with Crippen molar-refractivity contribution in [3.05, 3.63) is 0 Å². The van der Waals surface area contributed by atoms with Gasteiger partial charge < -0.3 is 29.3 Å². The van der Waals surface area contributed by atoms with Crippen LogP contribution in [0.25, 0.3) is 0 Å². The van der Waals surface area contributed by atoms with Gasteiger partial charge in [-0.2, -0.15) is 0 Å². The molecule has 0 unspecified atom stereocenters. The van der Waals surface area contributed by atoms with Crippen LogP contribution in [-0.4, -0.2) is 93.0 Å². The Kier molecular flexibility index (Phi) is 41.6. The molecule has 0 aromatic heterocycles. The van der Waals surface area contributed by atoms with Gasteiger partial charge in [0.15, 0.2) is 0 Å². The molecular weight excluding hydrogens is 787 g/mol. The van der Waals surface area contributed by atoms with Crippen molar-refractivity contribution in [2.24, 2.45) is 11.8 Å². The summed E-state index contributed by atoms with van der Waals surface area (Å²) in [7, 11) is 0. The second-order valence-electron chi connectivity index (χ2n) is 19.3. The van der Waals surface area contributed by atoms with Crippen molar-refractivity contribution in [2.75, 3.05) is 59.3 Å². The van der Waals surface area contributed by atoms with E-state index in [-0.39, 0.29) is 31.2 Å². The Hall–Kier alpha value is -1.71. The van der Waals surface area contributed by atoms with Crippen molar-refractivity contribution in [3.8, 4) is 0 Å². The molecule has 0 bridgehead atoms. The topological polar surface area (TPSA) is 97.4 Å². The van der Waals surface area contributed by atoms with Gasteiger partial charge in [0.05, 0.1) is 5.92 Å². The largest absolute Gasteiger partial charge is 0.462 e. The van der Waals surface area contributed by atoms with Gasteiger partial charge in [0, 0.05) is 47.6 Å². The Morgan fingerprint density at radius 1 is 0.556 bits per heavy atom. The number of rotatable bonds is 48. The molecule has 0 saturated carbocycles. The molecule has 1 fully saturated rings. The highest BCUT2D eigenvalue weighted by molar-refractivity contribution is 5.83. The second-order valence-corrected chi connectivity index (χ2v) is 19.3. The number of ether oxygens (including phenoxy) is 3. The van der Waals surface area contributed by atoms with Gasteiger partial charge in [0.2, 0.25) is 11.8 Å². The molecule has 9 nitrogen and oxygen atoms in total. The molecule has 9 heteroatoms. The van der Waals surface area contributed by atoms with E-state index in [4.69, 9.17) is 14.2 Å². The first-order valence-electron chi connectivity index (χ1n) is 27.4. The summed E-state index contributed by atoms with van der Waals surface area (Å²) >= 11 is 0. The maximum Gasteiger partial charge on any atom is 0.306 e. The van der Waals surface area contributed by atoms with Crippen molar-refractivity contribution < 1.29 is 30.0 Å². The number of amides is 2. The quantitative estimate of drug-likeness (QED) is 0.0369. The minimum atomic E-state index is -0.0586. The Bertz CT molecular complexity index is 1020. The highest BCUT2D eigenvalue weighted by atomic mass is 16.7. The predicted molar refractivity (Wildman–Crippen MR) is 267 cm³/mol. The van der Waals surface area contributed by atoms with Crippen LogP contribution in [0.2, 0.25) is 0 Å². The van der Waals surface area contributed by atoms with E-state index in [0.29, 0.717) is 32.8 Å². The molecule has 0 radical (unpaired) electrons.